The van der Waals surface area contributed by atoms with Crippen molar-refractivity contribution in [3.8, 4) is 0 Å². The summed E-state index contributed by atoms with van der Waals surface area (Å²) in [6.45, 7) is 0. The van der Waals surface area contributed by atoms with Crippen molar-refractivity contribution in [1.82, 2.24) is 19.5 Å². The molecule has 3 heterocycles. The Morgan fingerprint density at radius 1 is 1.37 bits per heavy atom. The second kappa shape index (κ2) is 7.94. The number of carbonyl (C=O) groups is 1. The van der Waals surface area contributed by atoms with E-state index in [1.165, 1.54) is 17.2 Å². The first-order valence-corrected chi connectivity index (χ1v) is 10.3. The maximum absolute atomic E-state index is 10.8. The molecule has 1 saturated heterocycles. The van der Waals surface area contributed by atoms with E-state index < -0.39 is 36.6 Å². The third-order valence-corrected chi connectivity index (χ3v) is 6.37. The normalized spacial score (nSPS) is 27.7. The van der Waals surface area contributed by atoms with Gasteiger partial charge in [0.25, 0.3) is 0 Å². The lowest BCUT2D eigenvalue weighted by Gasteiger charge is -2.16. The van der Waals surface area contributed by atoms with Crippen molar-refractivity contribution in [2.45, 2.75) is 37.0 Å². The van der Waals surface area contributed by atoms with Gasteiger partial charge in [-0.15, -0.1) is 0 Å². The van der Waals surface area contributed by atoms with Gasteiger partial charge in [-0.05, 0) is 10.9 Å². The number of rotatable bonds is 7. The largest absolute Gasteiger partial charge is 0.480 e. The molecule has 12 heteroatoms. The number of hydrogen-bond donors (Lipinski definition) is 5. The summed E-state index contributed by atoms with van der Waals surface area (Å²) in [5.74, 6) is 0.254. The Balaban J connectivity index is 1.68. The minimum Gasteiger partial charge on any atom is -0.480 e. The van der Waals surface area contributed by atoms with Gasteiger partial charge < -0.3 is 31.5 Å². The second-order valence-corrected chi connectivity index (χ2v) is 8.82. The highest BCUT2D eigenvalue weighted by Crippen LogP contribution is 2.32. The molecule has 0 saturated carbocycles. The molecule has 0 unspecified atom stereocenters. The van der Waals surface area contributed by atoms with Crippen LogP contribution in [-0.2, 0) is 20.4 Å². The number of aliphatic hydroxyl groups excluding tert-OH is 2. The second-order valence-electron chi connectivity index (χ2n) is 6.51. The van der Waals surface area contributed by atoms with Crippen LogP contribution in [0.15, 0.2) is 12.7 Å². The van der Waals surface area contributed by atoms with E-state index in [0.29, 0.717) is 29.1 Å². The molecule has 0 bridgehead atoms. The van der Waals surface area contributed by atoms with E-state index in [1.54, 1.807) is 0 Å². The van der Waals surface area contributed by atoms with Crippen LogP contribution in [0.4, 0.5) is 5.82 Å². The third kappa shape index (κ3) is 3.99. The zero-order chi connectivity index (χ0) is 19.7. The van der Waals surface area contributed by atoms with Gasteiger partial charge in [-0.25, -0.2) is 15.0 Å². The molecule has 0 spiro atoms. The van der Waals surface area contributed by atoms with Crippen LogP contribution >= 0.6 is 0 Å². The van der Waals surface area contributed by atoms with Gasteiger partial charge in [0.15, 0.2) is 17.7 Å². The number of carboxylic acid groups (broad SMARTS) is 1. The fraction of sp³-hybridized carbons (Fsp3) is 0.600. The molecule has 2 aromatic rings. The molecular formula is C15H23N6O5S+. The van der Waals surface area contributed by atoms with E-state index in [0.717, 1.165) is 0 Å². The lowest BCUT2D eigenvalue weighted by atomic mass is 10.1. The van der Waals surface area contributed by atoms with Gasteiger partial charge in [-0.2, -0.15) is 0 Å². The maximum atomic E-state index is 10.8. The zero-order valence-corrected chi connectivity index (χ0v) is 15.5. The first kappa shape index (κ1) is 19.8. The Kier molecular flexibility index (Phi) is 5.81. The zero-order valence-electron chi connectivity index (χ0n) is 14.7. The van der Waals surface area contributed by atoms with Crippen LogP contribution in [0.25, 0.3) is 11.2 Å². The SMILES string of the molecule is C[S@@+](CC[C@@H](N)C(=O)O)C[C@H]1O[C@@H](n2cnc3c(N)ncnc32)[C@H](O)[C@@H]1O. The summed E-state index contributed by atoms with van der Waals surface area (Å²) in [7, 11) is -0.235. The van der Waals surface area contributed by atoms with Gasteiger partial charge in [0.2, 0.25) is 0 Å². The summed E-state index contributed by atoms with van der Waals surface area (Å²) >= 11 is 0. The van der Waals surface area contributed by atoms with Gasteiger partial charge in [0, 0.05) is 6.42 Å². The molecule has 27 heavy (non-hydrogen) atoms. The van der Waals surface area contributed by atoms with Crippen molar-refractivity contribution in [3.63, 3.8) is 0 Å². The Morgan fingerprint density at radius 3 is 2.81 bits per heavy atom. The average Bonchev–Trinajstić information content (AvgIpc) is 3.17. The summed E-state index contributed by atoms with van der Waals surface area (Å²) < 4.78 is 7.41. The number of hydrogen-bond acceptors (Lipinski definition) is 9. The van der Waals surface area contributed by atoms with Crippen molar-refractivity contribution < 1.29 is 24.9 Å². The quantitative estimate of drug-likeness (QED) is 0.329. The van der Waals surface area contributed by atoms with Crippen molar-refractivity contribution in [2.75, 3.05) is 23.5 Å². The van der Waals surface area contributed by atoms with Crippen LogP contribution < -0.4 is 11.5 Å². The van der Waals surface area contributed by atoms with Crippen molar-refractivity contribution in [1.29, 1.82) is 0 Å². The molecule has 0 amide bonds. The number of nitrogens with zero attached hydrogens (tertiary/aromatic N) is 4. The van der Waals surface area contributed by atoms with Crippen molar-refractivity contribution in [3.05, 3.63) is 12.7 Å². The number of fused-ring (bicyclic) bond motifs is 1. The van der Waals surface area contributed by atoms with E-state index >= 15 is 0 Å². The number of aliphatic carboxylic acids is 1. The number of aromatic nitrogens is 4. The Hall–Kier alpha value is -1.99. The molecule has 1 aliphatic rings. The van der Waals surface area contributed by atoms with E-state index in [1.807, 2.05) is 6.26 Å². The van der Waals surface area contributed by atoms with Crippen molar-refractivity contribution >= 4 is 33.8 Å². The van der Waals surface area contributed by atoms with Crippen LogP contribution in [0.1, 0.15) is 12.6 Å². The number of aliphatic hydroxyl groups is 2. The monoisotopic (exact) mass is 399 g/mol. The average molecular weight is 399 g/mol. The molecule has 1 fully saturated rings. The maximum Gasteiger partial charge on any atom is 0.320 e. The summed E-state index contributed by atoms with van der Waals surface area (Å²) in [6.07, 6.45) is 1.31. The lowest BCUT2D eigenvalue weighted by molar-refractivity contribution is -0.138. The molecule has 148 valence electrons. The topological polar surface area (TPSA) is 183 Å². The fourth-order valence-corrected chi connectivity index (χ4v) is 4.63. The summed E-state index contributed by atoms with van der Waals surface area (Å²) in [6, 6.07) is -0.907. The van der Waals surface area contributed by atoms with Gasteiger partial charge >= 0.3 is 5.97 Å². The molecule has 11 nitrogen and oxygen atoms in total. The number of anilines is 1. The molecular weight excluding hydrogens is 376 g/mol. The molecule has 3 rings (SSSR count). The molecule has 0 radical (unpaired) electrons. The van der Waals surface area contributed by atoms with Crippen LogP contribution in [-0.4, -0.2) is 82.9 Å². The molecule has 2 aromatic heterocycles. The number of carboxylic acids is 1. The highest BCUT2D eigenvalue weighted by Gasteiger charge is 2.46. The van der Waals surface area contributed by atoms with Crippen LogP contribution in [0.2, 0.25) is 0 Å². The fourth-order valence-electron chi connectivity index (χ4n) is 2.97. The van der Waals surface area contributed by atoms with Gasteiger partial charge in [0.05, 0.1) is 12.6 Å². The van der Waals surface area contributed by atoms with E-state index in [9.17, 15) is 15.0 Å². The number of nitrogens with two attached hydrogens (primary N) is 2. The molecule has 0 aliphatic carbocycles. The number of ether oxygens (including phenoxy) is 1. The van der Waals surface area contributed by atoms with E-state index in [-0.39, 0.29) is 16.7 Å². The van der Waals surface area contributed by atoms with Gasteiger partial charge in [-0.1, -0.05) is 0 Å². The highest BCUT2D eigenvalue weighted by atomic mass is 32.2. The minimum atomic E-state index is -1.16. The third-order valence-electron chi connectivity index (χ3n) is 4.54. The minimum absolute atomic E-state index is 0.216. The van der Waals surface area contributed by atoms with E-state index in [4.69, 9.17) is 21.3 Å². The first-order chi connectivity index (χ1) is 12.8. The predicted molar refractivity (Wildman–Crippen MR) is 98.9 cm³/mol. The standard InChI is InChI=1S/C15H22N6O5S/c1-27(3-2-7(16)15(24)25)4-8-10(22)11(23)14(26-8)21-6-20-9-12(17)18-5-19-13(9)21/h5-8,10-11,14,22-23H,2-4,16H2,1H3,(H2-,17,18,19,24,25)/p+1/t7-,8-,10-,11-,14-,27+/m1/s1. The van der Waals surface area contributed by atoms with Crippen LogP contribution in [0.5, 0.6) is 0 Å². The van der Waals surface area contributed by atoms with Gasteiger partial charge in [0.1, 0.15) is 47.7 Å². The molecule has 7 N–H and O–H groups in total. The highest BCUT2D eigenvalue weighted by molar-refractivity contribution is 7.96. The van der Waals surface area contributed by atoms with Crippen LogP contribution in [0, 0.1) is 0 Å². The molecule has 1 aliphatic heterocycles. The Bertz CT molecular complexity index is 819. The van der Waals surface area contributed by atoms with Crippen molar-refractivity contribution in [2.24, 2.45) is 5.73 Å². The number of nitrogen functional groups attached to an aromatic ring is 1. The van der Waals surface area contributed by atoms with E-state index in [2.05, 4.69) is 15.0 Å². The Morgan fingerprint density at radius 2 is 2.11 bits per heavy atom. The van der Waals surface area contributed by atoms with Crippen LogP contribution in [0.3, 0.4) is 0 Å². The summed E-state index contributed by atoms with van der Waals surface area (Å²) in [5, 5.41) is 29.7. The summed E-state index contributed by atoms with van der Waals surface area (Å²) in [5.41, 5.74) is 12.1. The predicted octanol–water partition coefficient (Wildman–Crippen LogP) is -1.92. The molecule has 6 atom stereocenters. The lowest BCUT2D eigenvalue weighted by Crippen LogP contribution is -2.37. The molecule has 0 aromatic carbocycles. The Labute approximate surface area is 157 Å². The summed E-state index contributed by atoms with van der Waals surface area (Å²) in [4.78, 5) is 23.0. The first-order valence-electron chi connectivity index (χ1n) is 8.31. The van der Waals surface area contributed by atoms with Gasteiger partial charge in [-0.3, -0.25) is 9.36 Å². The smallest absolute Gasteiger partial charge is 0.320 e. The number of imidazole rings is 1.